The molecule has 0 aliphatic heterocycles. The van der Waals surface area contributed by atoms with E-state index >= 15 is 0 Å². The fraction of sp³-hybridized carbons (Fsp3) is 0.167. The second kappa shape index (κ2) is 4.03. The average molecular weight is 334 g/mol. The normalized spacial score (nSPS) is 12.1. The minimum absolute atomic E-state index is 0.199. The van der Waals surface area contributed by atoms with Gasteiger partial charge in [0.25, 0.3) is 16.4 Å². The standard InChI is InChI=1S/C6H5F2IN2O2S/c7-6(8)3-1-5(14(10,12)13)11-2-4(3)9/h1-2,6H,(H2,10,12,13). The highest BCUT2D eigenvalue weighted by Crippen LogP contribution is 2.25. The van der Waals surface area contributed by atoms with Crippen LogP contribution in [0.1, 0.15) is 12.0 Å². The molecule has 8 heteroatoms. The van der Waals surface area contributed by atoms with E-state index in [1.807, 2.05) is 0 Å². The van der Waals surface area contributed by atoms with Gasteiger partial charge in [0.05, 0.1) is 0 Å². The molecule has 0 fully saturated rings. The van der Waals surface area contributed by atoms with Crippen molar-refractivity contribution < 1.29 is 17.2 Å². The highest BCUT2D eigenvalue weighted by atomic mass is 127. The molecule has 1 aromatic rings. The first-order valence-electron chi connectivity index (χ1n) is 3.29. The third-order valence-corrected chi connectivity index (χ3v) is 3.09. The number of pyridine rings is 1. The minimum Gasteiger partial charge on any atom is -0.242 e. The number of hydrogen-bond acceptors (Lipinski definition) is 3. The van der Waals surface area contributed by atoms with Crippen LogP contribution in [0.25, 0.3) is 0 Å². The first kappa shape index (κ1) is 11.7. The van der Waals surface area contributed by atoms with Gasteiger partial charge >= 0.3 is 0 Å². The molecular formula is C6H5F2IN2O2S. The Morgan fingerprint density at radius 3 is 2.50 bits per heavy atom. The van der Waals surface area contributed by atoms with Gasteiger partial charge < -0.3 is 0 Å². The number of aromatic nitrogens is 1. The molecule has 14 heavy (non-hydrogen) atoms. The van der Waals surface area contributed by atoms with E-state index < -0.39 is 21.5 Å². The Labute approximate surface area is 92.7 Å². The van der Waals surface area contributed by atoms with Crippen molar-refractivity contribution in [2.45, 2.75) is 11.5 Å². The summed E-state index contributed by atoms with van der Waals surface area (Å²) in [5, 5.41) is 4.19. The van der Waals surface area contributed by atoms with Gasteiger partial charge in [-0.25, -0.2) is 27.3 Å². The topological polar surface area (TPSA) is 73.1 Å². The number of nitrogens with zero attached hydrogens (tertiary/aromatic N) is 1. The van der Waals surface area contributed by atoms with Crippen molar-refractivity contribution in [2.75, 3.05) is 0 Å². The second-order valence-electron chi connectivity index (χ2n) is 2.39. The van der Waals surface area contributed by atoms with Crippen molar-refractivity contribution in [3.8, 4) is 0 Å². The number of hydrogen-bond donors (Lipinski definition) is 1. The van der Waals surface area contributed by atoms with Gasteiger partial charge in [0.1, 0.15) is 0 Å². The van der Waals surface area contributed by atoms with Crippen LogP contribution < -0.4 is 5.14 Å². The Kier molecular flexibility index (Phi) is 3.37. The smallest absolute Gasteiger partial charge is 0.242 e. The second-order valence-corrected chi connectivity index (χ2v) is 5.06. The molecule has 0 aliphatic rings. The number of halogens is 3. The highest BCUT2D eigenvalue weighted by Gasteiger charge is 2.17. The highest BCUT2D eigenvalue weighted by molar-refractivity contribution is 14.1. The van der Waals surface area contributed by atoms with Gasteiger partial charge in [0.15, 0.2) is 5.03 Å². The number of primary sulfonamides is 1. The Balaban J connectivity index is 3.34. The van der Waals surface area contributed by atoms with Gasteiger partial charge in [-0.15, -0.1) is 0 Å². The van der Waals surface area contributed by atoms with Crippen LogP contribution in [-0.2, 0) is 10.0 Å². The van der Waals surface area contributed by atoms with Crippen LogP contribution >= 0.6 is 22.6 Å². The van der Waals surface area contributed by atoms with Crippen molar-refractivity contribution in [3.63, 3.8) is 0 Å². The Bertz CT molecular complexity index is 449. The van der Waals surface area contributed by atoms with Crippen molar-refractivity contribution in [2.24, 2.45) is 5.14 Å². The van der Waals surface area contributed by atoms with Crippen LogP contribution in [0.4, 0.5) is 8.78 Å². The monoisotopic (exact) mass is 334 g/mol. The Morgan fingerprint density at radius 1 is 1.50 bits per heavy atom. The van der Waals surface area contributed by atoms with E-state index in [0.717, 1.165) is 12.3 Å². The van der Waals surface area contributed by atoms with E-state index in [1.54, 1.807) is 22.6 Å². The van der Waals surface area contributed by atoms with Gasteiger partial charge in [-0.2, -0.15) is 0 Å². The van der Waals surface area contributed by atoms with Crippen molar-refractivity contribution in [1.82, 2.24) is 4.98 Å². The summed E-state index contributed by atoms with van der Waals surface area (Å²) in [5.41, 5.74) is -0.385. The molecule has 0 aliphatic carbocycles. The first-order valence-corrected chi connectivity index (χ1v) is 5.91. The van der Waals surface area contributed by atoms with Crippen LogP contribution in [-0.4, -0.2) is 13.4 Å². The zero-order valence-corrected chi connectivity index (χ0v) is 9.59. The Morgan fingerprint density at radius 2 is 2.07 bits per heavy atom. The fourth-order valence-electron chi connectivity index (χ4n) is 0.757. The van der Waals surface area contributed by atoms with E-state index in [-0.39, 0.29) is 9.13 Å². The largest absolute Gasteiger partial charge is 0.265 e. The van der Waals surface area contributed by atoms with Crippen LogP contribution in [0.15, 0.2) is 17.3 Å². The van der Waals surface area contributed by atoms with Crippen molar-refractivity contribution in [3.05, 3.63) is 21.4 Å². The summed E-state index contributed by atoms with van der Waals surface area (Å²) < 4.78 is 46.4. The van der Waals surface area contributed by atoms with E-state index in [2.05, 4.69) is 4.98 Å². The maximum Gasteiger partial charge on any atom is 0.265 e. The lowest BCUT2D eigenvalue weighted by Gasteiger charge is -2.04. The van der Waals surface area contributed by atoms with Gasteiger partial charge in [-0.05, 0) is 28.7 Å². The molecular weight excluding hydrogens is 329 g/mol. The van der Waals surface area contributed by atoms with E-state index in [9.17, 15) is 17.2 Å². The summed E-state index contributed by atoms with van der Waals surface area (Å²) in [7, 11) is -4.02. The number of nitrogens with two attached hydrogens (primary N) is 1. The maximum atomic E-state index is 12.3. The molecule has 1 rings (SSSR count). The molecule has 0 spiro atoms. The molecule has 2 N–H and O–H groups in total. The molecule has 78 valence electrons. The number of rotatable bonds is 2. The molecule has 1 aromatic heterocycles. The average Bonchev–Trinajstić information content (AvgIpc) is 2.02. The van der Waals surface area contributed by atoms with Gasteiger partial charge in [-0.1, -0.05) is 0 Å². The lowest BCUT2D eigenvalue weighted by Crippen LogP contribution is -2.14. The molecule has 4 nitrogen and oxygen atoms in total. The molecule has 0 aromatic carbocycles. The van der Waals surface area contributed by atoms with Crippen molar-refractivity contribution >= 4 is 32.6 Å². The first-order chi connectivity index (χ1) is 6.32. The summed E-state index contributed by atoms with van der Waals surface area (Å²) in [5.74, 6) is 0. The lowest BCUT2D eigenvalue weighted by molar-refractivity contribution is 0.150. The van der Waals surface area contributed by atoms with Gasteiger partial charge in [0, 0.05) is 15.3 Å². The molecule has 0 atom stereocenters. The van der Waals surface area contributed by atoms with E-state index in [0.29, 0.717) is 0 Å². The summed E-state index contributed by atoms with van der Waals surface area (Å²) in [6, 6.07) is 0.780. The van der Waals surface area contributed by atoms with Crippen molar-refractivity contribution in [1.29, 1.82) is 0 Å². The van der Waals surface area contributed by atoms with E-state index in [4.69, 9.17) is 5.14 Å². The zero-order valence-electron chi connectivity index (χ0n) is 6.62. The predicted octanol–water partition coefficient (Wildman–Crippen LogP) is 1.27. The Hall–Kier alpha value is -0.350. The zero-order chi connectivity index (χ0) is 10.9. The molecule has 0 radical (unpaired) electrons. The SMILES string of the molecule is NS(=O)(=O)c1cc(C(F)F)c(I)cn1. The van der Waals surface area contributed by atoms with Crippen LogP contribution in [0.2, 0.25) is 0 Å². The fourth-order valence-corrected chi connectivity index (χ4v) is 1.78. The summed E-state index contributed by atoms with van der Waals surface area (Å²) in [6.45, 7) is 0. The van der Waals surface area contributed by atoms with Crippen LogP contribution in [0.3, 0.4) is 0 Å². The molecule has 0 bridgehead atoms. The van der Waals surface area contributed by atoms with Gasteiger partial charge in [0.2, 0.25) is 0 Å². The van der Waals surface area contributed by atoms with Crippen LogP contribution in [0.5, 0.6) is 0 Å². The number of alkyl halides is 2. The minimum atomic E-state index is -4.02. The number of sulfonamides is 1. The van der Waals surface area contributed by atoms with E-state index in [1.165, 1.54) is 0 Å². The van der Waals surface area contributed by atoms with Crippen LogP contribution in [0, 0.1) is 3.57 Å². The predicted molar refractivity (Wildman–Crippen MR) is 53.3 cm³/mol. The summed E-state index contributed by atoms with van der Waals surface area (Å²) in [4.78, 5) is 3.44. The molecule has 1 heterocycles. The molecule has 0 unspecified atom stereocenters. The molecule has 0 amide bonds. The quantitative estimate of drug-likeness (QED) is 0.828. The van der Waals surface area contributed by atoms with Gasteiger partial charge in [-0.3, -0.25) is 0 Å². The molecule has 0 saturated carbocycles. The third kappa shape index (κ3) is 2.58. The summed E-state index contributed by atoms with van der Waals surface area (Å²) >= 11 is 1.64. The molecule has 0 saturated heterocycles. The third-order valence-electron chi connectivity index (χ3n) is 1.39. The lowest BCUT2D eigenvalue weighted by atomic mass is 10.3. The summed E-state index contributed by atoms with van der Waals surface area (Å²) in [6.07, 6.45) is -1.70. The maximum absolute atomic E-state index is 12.3.